The smallest absolute Gasteiger partial charge is 0.426 e. The molecule has 2 aromatic rings. The van der Waals surface area contributed by atoms with Crippen molar-refractivity contribution in [3.8, 4) is 6.07 Å². The van der Waals surface area contributed by atoms with Crippen LogP contribution in [-0.4, -0.2) is 38.2 Å². The van der Waals surface area contributed by atoms with Crippen molar-refractivity contribution in [2.24, 2.45) is 5.92 Å². The van der Waals surface area contributed by atoms with Crippen molar-refractivity contribution in [1.29, 1.82) is 5.26 Å². The Morgan fingerprint density at radius 2 is 2.15 bits per heavy atom. The van der Waals surface area contributed by atoms with Crippen LogP contribution in [0.15, 0.2) is 6.33 Å². The van der Waals surface area contributed by atoms with Gasteiger partial charge < -0.3 is 9.72 Å². The molecule has 1 aliphatic carbocycles. The minimum absolute atomic E-state index is 0.0131. The van der Waals surface area contributed by atoms with Gasteiger partial charge in [0, 0.05) is 6.54 Å². The Morgan fingerprint density at radius 1 is 1.42 bits per heavy atom. The van der Waals surface area contributed by atoms with Crippen LogP contribution in [0.4, 0.5) is 10.6 Å². The van der Waals surface area contributed by atoms with Crippen molar-refractivity contribution in [2.45, 2.75) is 52.1 Å². The van der Waals surface area contributed by atoms with Gasteiger partial charge in [-0.05, 0) is 39.5 Å². The quantitative estimate of drug-likeness (QED) is 0.807. The molecule has 2 N–H and O–H groups in total. The van der Waals surface area contributed by atoms with Crippen molar-refractivity contribution in [3.63, 3.8) is 0 Å². The van der Waals surface area contributed by atoms with Crippen LogP contribution in [0.3, 0.4) is 0 Å². The van der Waals surface area contributed by atoms with Gasteiger partial charge in [0.25, 0.3) is 0 Å². The van der Waals surface area contributed by atoms with Crippen LogP contribution in [0, 0.1) is 17.2 Å². The van der Waals surface area contributed by atoms with E-state index in [4.69, 9.17) is 4.74 Å². The normalized spacial score (nSPS) is 15.0. The third kappa shape index (κ3) is 4.20. The second-order valence-electron chi connectivity index (χ2n) is 7.46. The van der Waals surface area contributed by atoms with Crippen molar-refractivity contribution in [3.05, 3.63) is 12.2 Å². The van der Waals surface area contributed by atoms with E-state index >= 15 is 0 Å². The number of carbonyl (C=O) groups is 1. The van der Waals surface area contributed by atoms with Crippen LogP contribution < -0.4 is 10.4 Å². The number of rotatable bonds is 4. The van der Waals surface area contributed by atoms with Gasteiger partial charge in [-0.25, -0.2) is 15.2 Å². The molecule has 2 aromatic heterocycles. The molecule has 0 aromatic carbocycles. The lowest BCUT2D eigenvalue weighted by Crippen LogP contribution is -2.47. The van der Waals surface area contributed by atoms with Crippen molar-refractivity contribution in [2.75, 3.05) is 11.6 Å². The lowest BCUT2D eigenvalue weighted by atomic mass is 10.1. The zero-order chi connectivity index (χ0) is 18.7. The molecule has 1 amide bonds. The van der Waals surface area contributed by atoms with Crippen LogP contribution in [0.25, 0.3) is 11.2 Å². The predicted molar refractivity (Wildman–Crippen MR) is 95.1 cm³/mol. The Kier molecular flexibility index (Phi) is 4.93. The minimum atomic E-state index is -0.617. The number of nitrogens with one attached hydrogen (secondary N) is 2. The molecule has 9 nitrogen and oxygen atoms in total. The van der Waals surface area contributed by atoms with Gasteiger partial charge in [0.2, 0.25) is 5.82 Å². The molecule has 0 bridgehead atoms. The number of hydrazine groups is 1. The number of anilines is 1. The summed E-state index contributed by atoms with van der Waals surface area (Å²) in [6, 6.07) is 1.95. The lowest BCUT2D eigenvalue weighted by molar-refractivity contribution is 0.0518. The third-order valence-electron chi connectivity index (χ3n) is 4.16. The Morgan fingerprint density at radius 3 is 2.81 bits per heavy atom. The molecule has 3 rings (SSSR count). The molecule has 0 atom stereocenters. The summed E-state index contributed by atoms with van der Waals surface area (Å²) in [5.74, 6) is 0.837. The molecule has 0 unspecified atom stereocenters. The number of amides is 1. The summed E-state index contributed by atoms with van der Waals surface area (Å²) in [5.41, 5.74) is 3.10. The highest BCUT2D eigenvalue weighted by atomic mass is 16.6. The van der Waals surface area contributed by atoms with Crippen LogP contribution in [0.1, 0.15) is 52.3 Å². The summed E-state index contributed by atoms with van der Waals surface area (Å²) in [4.78, 5) is 27.9. The van der Waals surface area contributed by atoms with Crippen LogP contribution in [-0.2, 0) is 4.74 Å². The first kappa shape index (κ1) is 17.9. The Balaban J connectivity index is 1.93. The maximum atomic E-state index is 12.3. The summed E-state index contributed by atoms with van der Waals surface area (Å²) >= 11 is 0. The predicted octanol–water partition coefficient (Wildman–Crippen LogP) is 2.66. The Labute approximate surface area is 151 Å². The van der Waals surface area contributed by atoms with Gasteiger partial charge in [-0.3, -0.25) is 5.01 Å². The molecular formula is C17H23N7O2. The van der Waals surface area contributed by atoms with Crippen molar-refractivity contribution < 1.29 is 9.53 Å². The number of hydrogen-bond acceptors (Lipinski definition) is 7. The average molecular weight is 357 g/mol. The van der Waals surface area contributed by atoms with E-state index in [1.54, 1.807) is 25.8 Å². The molecule has 1 fully saturated rings. The number of aromatic amines is 1. The first-order chi connectivity index (χ1) is 12.4. The van der Waals surface area contributed by atoms with Gasteiger partial charge >= 0.3 is 6.09 Å². The highest BCUT2D eigenvalue weighted by Gasteiger charge is 2.26. The van der Waals surface area contributed by atoms with Crippen molar-refractivity contribution in [1.82, 2.24) is 25.4 Å². The van der Waals surface area contributed by atoms with E-state index in [1.807, 2.05) is 6.07 Å². The number of nitriles is 1. The van der Waals surface area contributed by atoms with Crippen LogP contribution >= 0.6 is 0 Å². The molecule has 0 aliphatic heterocycles. The summed E-state index contributed by atoms with van der Waals surface area (Å²) < 4.78 is 5.38. The summed E-state index contributed by atoms with van der Waals surface area (Å²) in [7, 11) is 0. The molecule has 0 saturated heterocycles. The SMILES string of the molecule is CC(C)(C)OC(=O)NN(CC1CCCC1)c1nc(C#N)nc2[nH]cnc12. The van der Waals surface area contributed by atoms with E-state index in [0.717, 1.165) is 12.8 Å². The number of carbonyl (C=O) groups excluding carboxylic acids is 1. The molecule has 9 heteroatoms. The molecule has 1 saturated carbocycles. The standard InChI is InChI=1S/C17H23N7O2/c1-17(2,3)26-16(25)23-24(9-11-6-4-5-7-11)15-13-14(20-10-19-13)21-12(8-18)22-15/h10-11H,4-7,9H2,1-3H3,(H,23,25)(H,19,20,21,22). The van der Waals surface area contributed by atoms with E-state index < -0.39 is 11.7 Å². The number of fused-ring (bicyclic) bond motifs is 1. The number of hydrogen-bond donors (Lipinski definition) is 2. The summed E-state index contributed by atoms with van der Waals surface area (Å²) in [5, 5.41) is 10.9. The fourth-order valence-electron chi connectivity index (χ4n) is 3.11. The maximum Gasteiger partial charge on any atom is 0.426 e. The van der Waals surface area contributed by atoms with E-state index in [-0.39, 0.29) is 5.82 Å². The van der Waals surface area contributed by atoms with Gasteiger partial charge in [-0.15, -0.1) is 0 Å². The van der Waals surface area contributed by atoms with Gasteiger partial charge in [-0.1, -0.05) is 12.8 Å². The maximum absolute atomic E-state index is 12.3. The fraction of sp³-hybridized carbons (Fsp3) is 0.588. The largest absolute Gasteiger partial charge is 0.443 e. The third-order valence-corrected chi connectivity index (χ3v) is 4.16. The van der Waals surface area contributed by atoms with Gasteiger partial charge in [-0.2, -0.15) is 15.2 Å². The number of imidazole rings is 1. The number of aromatic nitrogens is 4. The van der Waals surface area contributed by atoms with Crippen LogP contribution in [0.2, 0.25) is 0 Å². The van der Waals surface area contributed by atoms with Gasteiger partial charge in [0.15, 0.2) is 17.0 Å². The molecule has 2 heterocycles. The molecule has 0 spiro atoms. The monoisotopic (exact) mass is 357 g/mol. The number of nitrogens with zero attached hydrogens (tertiary/aromatic N) is 5. The number of ether oxygens (including phenoxy) is 1. The zero-order valence-electron chi connectivity index (χ0n) is 15.2. The number of H-pyrrole nitrogens is 1. The Hall–Kier alpha value is -2.89. The topological polar surface area (TPSA) is 120 Å². The minimum Gasteiger partial charge on any atom is -0.443 e. The van der Waals surface area contributed by atoms with Crippen LogP contribution in [0.5, 0.6) is 0 Å². The molecule has 0 radical (unpaired) electrons. The van der Waals surface area contributed by atoms with Crippen molar-refractivity contribution >= 4 is 23.1 Å². The van der Waals surface area contributed by atoms with Gasteiger partial charge in [0.05, 0.1) is 6.33 Å². The average Bonchev–Trinajstić information content (AvgIpc) is 3.22. The molecular weight excluding hydrogens is 334 g/mol. The van der Waals surface area contributed by atoms with E-state index in [0.29, 0.717) is 29.4 Å². The molecule has 1 aliphatic rings. The lowest BCUT2D eigenvalue weighted by Gasteiger charge is -2.28. The van der Waals surface area contributed by atoms with E-state index in [1.165, 1.54) is 19.2 Å². The molecule has 138 valence electrons. The second-order valence-corrected chi connectivity index (χ2v) is 7.46. The first-order valence-corrected chi connectivity index (χ1v) is 8.74. The highest BCUT2D eigenvalue weighted by Crippen LogP contribution is 2.28. The summed E-state index contributed by atoms with van der Waals surface area (Å²) in [6.07, 6.45) is 5.45. The van der Waals surface area contributed by atoms with Gasteiger partial charge in [0.1, 0.15) is 11.7 Å². The van der Waals surface area contributed by atoms with E-state index in [9.17, 15) is 10.1 Å². The van der Waals surface area contributed by atoms with E-state index in [2.05, 4.69) is 25.4 Å². The fourth-order valence-corrected chi connectivity index (χ4v) is 3.11. The Bertz CT molecular complexity index is 828. The highest BCUT2D eigenvalue weighted by molar-refractivity contribution is 5.84. The second kappa shape index (κ2) is 7.15. The zero-order valence-corrected chi connectivity index (χ0v) is 15.2. The summed E-state index contributed by atoms with van der Waals surface area (Å²) in [6.45, 7) is 5.98. The molecule has 26 heavy (non-hydrogen) atoms. The first-order valence-electron chi connectivity index (χ1n) is 8.74.